The molecular formula is C27H31N5. The number of aromatic nitrogens is 3. The van der Waals surface area contributed by atoms with E-state index in [1.165, 1.54) is 38.9 Å². The number of rotatable bonds is 4. The summed E-state index contributed by atoms with van der Waals surface area (Å²) >= 11 is 0. The van der Waals surface area contributed by atoms with E-state index < -0.39 is 0 Å². The lowest BCUT2D eigenvalue weighted by Crippen LogP contribution is -2.44. The lowest BCUT2D eigenvalue weighted by atomic mass is 9.94. The van der Waals surface area contributed by atoms with Crippen molar-refractivity contribution in [2.45, 2.75) is 26.7 Å². The highest BCUT2D eigenvalue weighted by atomic mass is 15.3. The number of benzene rings is 1. The molecule has 1 aliphatic heterocycles. The van der Waals surface area contributed by atoms with E-state index in [1.807, 2.05) is 19.3 Å². The van der Waals surface area contributed by atoms with E-state index in [0.717, 1.165) is 37.7 Å². The maximum absolute atomic E-state index is 4.67. The summed E-state index contributed by atoms with van der Waals surface area (Å²) in [4.78, 5) is 17.5. The first-order valence-electron chi connectivity index (χ1n) is 11.5. The average Bonchev–Trinajstić information content (AvgIpc) is 3.19. The number of nitrogens with zero attached hydrogens (tertiary/aromatic N) is 4. The molecule has 0 aliphatic carbocycles. The molecule has 5 heteroatoms. The Morgan fingerprint density at radius 1 is 0.844 bits per heavy atom. The first-order valence-corrected chi connectivity index (χ1v) is 11.5. The van der Waals surface area contributed by atoms with Gasteiger partial charge in [-0.15, -0.1) is 0 Å². The van der Waals surface area contributed by atoms with Crippen LogP contribution in [-0.4, -0.2) is 53.1 Å². The van der Waals surface area contributed by atoms with Gasteiger partial charge in [-0.05, 0) is 73.0 Å². The molecule has 0 radical (unpaired) electrons. The summed E-state index contributed by atoms with van der Waals surface area (Å²) < 4.78 is 0. The molecule has 0 atom stereocenters. The van der Waals surface area contributed by atoms with Crippen molar-refractivity contribution in [2.24, 2.45) is 0 Å². The van der Waals surface area contributed by atoms with E-state index in [2.05, 4.69) is 88.1 Å². The zero-order chi connectivity index (χ0) is 22.2. The van der Waals surface area contributed by atoms with E-state index in [4.69, 9.17) is 0 Å². The van der Waals surface area contributed by atoms with Gasteiger partial charge in [-0.1, -0.05) is 19.9 Å². The van der Waals surface area contributed by atoms with Crippen LogP contribution in [0.3, 0.4) is 0 Å². The average molecular weight is 426 g/mol. The number of hydrogen-bond donors (Lipinski definition) is 1. The summed E-state index contributed by atoms with van der Waals surface area (Å²) in [6, 6.07) is 15.4. The Kier molecular flexibility index (Phi) is 5.43. The summed E-state index contributed by atoms with van der Waals surface area (Å²) in [7, 11) is 2.18. The molecule has 1 N–H and O–H groups in total. The quantitative estimate of drug-likeness (QED) is 0.471. The number of aryl methyl sites for hydroxylation is 1. The summed E-state index contributed by atoms with van der Waals surface area (Å²) in [5.74, 6) is 1.47. The molecule has 0 spiro atoms. The third-order valence-corrected chi connectivity index (χ3v) is 6.51. The zero-order valence-corrected chi connectivity index (χ0v) is 19.4. The molecule has 164 valence electrons. The van der Waals surface area contributed by atoms with Crippen LogP contribution in [0.1, 0.15) is 31.0 Å². The SMILES string of the molecule is Cc1cc(-c2[nH]c3ccc(-c4ccnc(N5CCN(C)CC5)c4)cc3c2C(C)C)ccn1. The fourth-order valence-electron chi connectivity index (χ4n) is 4.73. The van der Waals surface area contributed by atoms with Gasteiger partial charge in [0.25, 0.3) is 0 Å². The molecule has 0 amide bonds. The van der Waals surface area contributed by atoms with Gasteiger partial charge in [0.2, 0.25) is 0 Å². The lowest BCUT2D eigenvalue weighted by molar-refractivity contribution is 0.312. The van der Waals surface area contributed by atoms with Crippen LogP contribution in [0.25, 0.3) is 33.3 Å². The number of H-pyrrole nitrogens is 1. The minimum atomic E-state index is 0.404. The van der Waals surface area contributed by atoms with Crippen molar-refractivity contribution in [3.05, 3.63) is 66.1 Å². The van der Waals surface area contributed by atoms with Crippen molar-refractivity contribution in [1.82, 2.24) is 19.9 Å². The minimum Gasteiger partial charge on any atom is -0.354 e. The Balaban J connectivity index is 1.57. The molecule has 1 aromatic carbocycles. The molecule has 4 aromatic rings. The van der Waals surface area contributed by atoms with E-state index in [1.54, 1.807) is 0 Å². The van der Waals surface area contributed by atoms with Gasteiger partial charge in [-0.2, -0.15) is 0 Å². The van der Waals surface area contributed by atoms with E-state index in [9.17, 15) is 0 Å². The normalized spacial score (nSPS) is 15.1. The van der Waals surface area contributed by atoms with Crippen molar-refractivity contribution in [2.75, 3.05) is 38.1 Å². The molecule has 4 heterocycles. The van der Waals surface area contributed by atoms with E-state index in [-0.39, 0.29) is 0 Å². The molecule has 1 saturated heterocycles. The molecule has 32 heavy (non-hydrogen) atoms. The summed E-state index contributed by atoms with van der Waals surface area (Å²) in [6.45, 7) is 10.8. The summed E-state index contributed by atoms with van der Waals surface area (Å²) in [5.41, 5.74) is 8.41. The van der Waals surface area contributed by atoms with Crippen molar-refractivity contribution in [3.63, 3.8) is 0 Å². The number of fused-ring (bicyclic) bond motifs is 1. The molecular weight excluding hydrogens is 394 g/mol. The second-order valence-corrected chi connectivity index (χ2v) is 9.21. The van der Waals surface area contributed by atoms with Crippen molar-refractivity contribution < 1.29 is 0 Å². The zero-order valence-electron chi connectivity index (χ0n) is 19.4. The van der Waals surface area contributed by atoms with Crippen LogP contribution in [-0.2, 0) is 0 Å². The number of piperazine rings is 1. The Labute approximate surface area is 190 Å². The van der Waals surface area contributed by atoms with Crippen molar-refractivity contribution in [1.29, 1.82) is 0 Å². The second-order valence-electron chi connectivity index (χ2n) is 9.21. The number of hydrogen-bond acceptors (Lipinski definition) is 4. The maximum atomic E-state index is 4.67. The Morgan fingerprint density at radius 3 is 2.31 bits per heavy atom. The van der Waals surface area contributed by atoms with Crippen LogP contribution in [0.4, 0.5) is 5.82 Å². The van der Waals surface area contributed by atoms with Gasteiger partial charge in [0.05, 0.1) is 5.69 Å². The number of pyridine rings is 2. The molecule has 1 fully saturated rings. The maximum Gasteiger partial charge on any atom is 0.129 e. The topological polar surface area (TPSA) is 48.1 Å². The lowest BCUT2D eigenvalue weighted by Gasteiger charge is -2.33. The number of likely N-dealkylation sites (N-methyl/N-ethyl adjacent to an activating group) is 1. The van der Waals surface area contributed by atoms with Crippen LogP contribution in [0.15, 0.2) is 54.9 Å². The number of aromatic amines is 1. The first kappa shape index (κ1) is 20.7. The fraction of sp³-hybridized carbons (Fsp3) is 0.333. The van der Waals surface area contributed by atoms with Gasteiger partial charge in [0.1, 0.15) is 5.82 Å². The van der Waals surface area contributed by atoms with Crippen LogP contribution < -0.4 is 4.90 Å². The smallest absolute Gasteiger partial charge is 0.129 e. The number of anilines is 1. The van der Waals surface area contributed by atoms with Crippen LogP contribution in [0.5, 0.6) is 0 Å². The molecule has 1 aliphatic rings. The second kappa shape index (κ2) is 8.40. The monoisotopic (exact) mass is 425 g/mol. The summed E-state index contributed by atoms with van der Waals surface area (Å²) in [5, 5.41) is 1.29. The predicted octanol–water partition coefficient (Wildman–Crippen LogP) is 5.48. The highest BCUT2D eigenvalue weighted by Crippen LogP contribution is 2.37. The van der Waals surface area contributed by atoms with Crippen LogP contribution in [0.2, 0.25) is 0 Å². The Bertz CT molecular complexity index is 1250. The standard InChI is InChI=1S/C27H31N5/c1-18(2)26-23-16-20(5-6-24(23)30-27(26)22-8-9-28-19(3)15-22)21-7-10-29-25(17-21)32-13-11-31(4)12-14-32/h5-10,15-18,30H,11-14H2,1-4H3. The van der Waals surface area contributed by atoms with Gasteiger partial charge in [-0.3, -0.25) is 4.98 Å². The van der Waals surface area contributed by atoms with Crippen molar-refractivity contribution in [3.8, 4) is 22.4 Å². The third-order valence-electron chi connectivity index (χ3n) is 6.51. The van der Waals surface area contributed by atoms with Gasteiger partial charge >= 0.3 is 0 Å². The largest absolute Gasteiger partial charge is 0.354 e. The van der Waals surface area contributed by atoms with Gasteiger partial charge < -0.3 is 14.8 Å². The Hall–Kier alpha value is -3.18. The van der Waals surface area contributed by atoms with Crippen molar-refractivity contribution >= 4 is 16.7 Å². The van der Waals surface area contributed by atoms with Crippen LogP contribution in [0, 0.1) is 6.92 Å². The van der Waals surface area contributed by atoms with E-state index in [0.29, 0.717) is 5.92 Å². The van der Waals surface area contributed by atoms with E-state index >= 15 is 0 Å². The molecule has 3 aromatic heterocycles. The fourth-order valence-corrected chi connectivity index (χ4v) is 4.73. The highest BCUT2D eigenvalue weighted by molar-refractivity contribution is 5.94. The highest BCUT2D eigenvalue weighted by Gasteiger charge is 2.18. The first-order chi connectivity index (χ1) is 15.5. The predicted molar refractivity (Wildman–Crippen MR) is 133 cm³/mol. The number of nitrogens with one attached hydrogen (secondary N) is 1. The molecule has 5 nitrogen and oxygen atoms in total. The summed E-state index contributed by atoms with van der Waals surface area (Å²) in [6.07, 6.45) is 3.83. The minimum absolute atomic E-state index is 0.404. The van der Waals surface area contributed by atoms with Gasteiger partial charge in [-0.25, -0.2) is 4.98 Å². The van der Waals surface area contributed by atoms with Gasteiger partial charge in [0, 0.05) is 60.7 Å². The third kappa shape index (κ3) is 3.89. The van der Waals surface area contributed by atoms with Gasteiger partial charge in [0.15, 0.2) is 0 Å². The molecule has 0 unspecified atom stereocenters. The molecule has 0 saturated carbocycles. The van der Waals surface area contributed by atoms with Crippen LogP contribution >= 0.6 is 0 Å². The molecule has 5 rings (SSSR count). The molecule has 0 bridgehead atoms. The Morgan fingerprint density at radius 2 is 1.56 bits per heavy atom.